The van der Waals surface area contributed by atoms with Gasteiger partial charge in [0.2, 0.25) is 0 Å². The van der Waals surface area contributed by atoms with E-state index in [1.54, 1.807) is 18.2 Å². The van der Waals surface area contributed by atoms with Crippen molar-refractivity contribution in [1.82, 2.24) is 0 Å². The summed E-state index contributed by atoms with van der Waals surface area (Å²) in [5.74, 6) is 0.346. The van der Waals surface area contributed by atoms with Gasteiger partial charge in [-0.1, -0.05) is 12.1 Å². The van der Waals surface area contributed by atoms with Crippen LogP contribution in [0.25, 0.3) is 0 Å². The molecule has 0 aliphatic heterocycles. The highest BCUT2D eigenvalue weighted by atomic mass is 79.9. The van der Waals surface area contributed by atoms with Crippen molar-refractivity contribution in [3.05, 3.63) is 34.4 Å². The van der Waals surface area contributed by atoms with Gasteiger partial charge in [0.25, 0.3) is 0 Å². The summed E-state index contributed by atoms with van der Waals surface area (Å²) in [7, 11) is 6.31. The summed E-state index contributed by atoms with van der Waals surface area (Å²) in [4.78, 5) is 10.3. The minimum Gasteiger partial charge on any atom is -1.00 e. The van der Waals surface area contributed by atoms with Crippen LogP contribution in [0.1, 0.15) is 6.42 Å². The molecule has 1 rings (SSSR count). The first-order chi connectivity index (χ1) is 7.90. The second-order valence-corrected chi connectivity index (χ2v) is 4.94. The Labute approximate surface area is 118 Å². The number of quaternary nitrogens is 1. The van der Waals surface area contributed by atoms with Gasteiger partial charge in [0.05, 0.1) is 39.2 Å². The van der Waals surface area contributed by atoms with E-state index in [4.69, 9.17) is 4.74 Å². The van der Waals surface area contributed by atoms with Crippen LogP contribution in [-0.2, 0) is 0 Å². The fourth-order valence-electron chi connectivity index (χ4n) is 1.45. The summed E-state index contributed by atoms with van der Waals surface area (Å²) in [6.45, 7) is 1.47. The average molecular weight is 319 g/mol. The molecule has 0 aliphatic carbocycles. The molecule has 0 spiro atoms. The maximum Gasteiger partial charge on any atom is 0.310 e. The van der Waals surface area contributed by atoms with Crippen molar-refractivity contribution in [2.45, 2.75) is 6.42 Å². The van der Waals surface area contributed by atoms with Gasteiger partial charge < -0.3 is 26.2 Å². The predicted octanol–water partition coefficient (Wildman–Crippen LogP) is -0.926. The molecular formula is C12H19BrN2O3. The fraction of sp³-hybridized carbons (Fsp3) is 0.500. The zero-order valence-corrected chi connectivity index (χ0v) is 12.5. The third-order valence-corrected chi connectivity index (χ3v) is 2.29. The predicted molar refractivity (Wildman–Crippen MR) is 66.1 cm³/mol. The molecule has 0 saturated heterocycles. The number of benzene rings is 1. The first-order valence-corrected chi connectivity index (χ1v) is 5.57. The number of para-hydroxylation sites is 2. The van der Waals surface area contributed by atoms with E-state index < -0.39 is 4.92 Å². The fourth-order valence-corrected chi connectivity index (χ4v) is 1.45. The van der Waals surface area contributed by atoms with Crippen molar-refractivity contribution in [3.8, 4) is 5.75 Å². The molecule has 0 N–H and O–H groups in total. The van der Waals surface area contributed by atoms with Crippen LogP contribution in [0.3, 0.4) is 0 Å². The van der Waals surface area contributed by atoms with E-state index in [0.717, 1.165) is 17.4 Å². The lowest BCUT2D eigenvalue weighted by Gasteiger charge is -2.23. The Bertz CT molecular complexity index is 391. The minimum absolute atomic E-state index is 0. The van der Waals surface area contributed by atoms with Gasteiger partial charge in [0, 0.05) is 12.5 Å². The highest BCUT2D eigenvalue weighted by molar-refractivity contribution is 5.45. The van der Waals surface area contributed by atoms with Crippen molar-refractivity contribution in [1.29, 1.82) is 0 Å². The van der Waals surface area contributed by atoms with E-state index >= 15 is 0 Å². The number of ether oxygens (including phenoxy) is 1. The lowest BCUT2D eigenvalue weighted by Crippen LogP contribution is -3.00. The summed E-state index contributed by atoms with van der Waals surface area (Å²) in [5.41, 5.74) is 0.0257. The average Bonchev–Trinajstić information content (AvgIpc) is 2.23. The van der Waals surface area contributed by atoms with Crippen LogP contribution in [0.5, 0.6) is 5.75 Å². The summed E-state index contributed by atoms with van der Waals surface area (Å²) < 4.78 is 6.30. The van der Waals surface area contributed by atoms with Crippen molar-refractivity contribution in [3.63, 3.8) is 0 Å². The lowest BCUT2D eigenvalue weighted by atomic mass is 10.3. The van der Waals surface area contributed by atoms with E-state index in [2.05, 4.69) is 21.1 Å². The van der Waals surface area contributed by atoms with E-state index in [-0.39, 0.29) is 22.7 Å². The Hall–Kier alpha value is -1.14. The number of rotatable bonds is 6. The third-order valence-electron chi connectivity index (χ3n) is 2.29. The van der Waals surface area contributed by atoms with Crippen LogP contribution in [0, 0.1) is 10.1 Å². The van der Waals surface area contributed by atoms with Gasteiger partial charge in [-0.2, -0.15) is 0 Å². The molecule has 0 aliphatic rings. The minimum atomic E-state index is -0.421. The molecule has 18 heavy (non-hydrogen) atoms. The first-order valence-electron chi connectivity index (χ1n) is 5.57. The molecule has 0 bridgehead atoms. The van der Waals surface area contributed by atoms with Gasteiger partial charge in [0.1, 0.15) is 0 Å². The highest BCUT2D eigenvalue weighted by Crippen LogP contribution is 2.25. The number of nitro benzene ring substituents is 1. The van der Waals surface area contributed by atoms with Crippen molar-refractivity contribution < 1.29 is 31.1 Å². The van der Waals surface area contributed by atoms with Crippen molar-refractivity contribution in [2.24, 2.45) is 0 Å². The highest BCUT2D eigenvalue weighted by Gasteiger charge is 2.13. The van der Waals surface area contributed by atoms with Crippen LogP contribution in [0.15, 0.2) is 24.3 Å². The van der Waals surface area contributed by atoms with Crippen molar-refractivity contribution in [2.75, 3.05) is 34.3 Å². The Kier molecular flexibility index (Phi) is 6.86. The number of hydrogen-bond donors (Lipinski definition) is 0. The van der Waals surface area contributed by atoms with Crippen LogP contribution in [0.2, 0.25) is 0 Å². The Morgan fingerprint density at radius 3 is 2.44 bits per heavy atom. The molecule has 0 amide bonds. The molecular weight excluding hydrogens is 300 g/mol. The molecule has 0 fully saturated rings. The molecule has 0 heterocycles. The standard InChI is InChI=1S/C12H19N2O3.BrH/c1-14(2,3)9-6-10-17-12-8-5-4-7-11(12)13(15)16;/h4-5,7-8H,6,9-10H2,1-3H3;1H/q+1;/p-1. The smallest absolute Gasteiger partial charge is 0.310 e. The quantitative estimate of drug-likeness (QED) is 0.295. The zero-order valence-electron chi connectivity index (χ0n) is 10.9. The van der Waals surface area contributed by atoms with Crippen LogP contribution >= 0.6 is 0 Å². The number of hydrogen-bond acceptors (Lipinski definition) is 3. The van der Waals surface area contributed by atoms with Gasteiger partial charge in [-0.05, 0) is 6.07 Å². The maximum absolute atomic E-state index is 10.7. The molecule has 0 radical (unpaired) electrons. The topological polar surface area (TPSA) is 52.4 Å². The molecule has 5 nitrogen and oxygen atoms in total. The molecule has 6 heteroatoms. The number of nitrogens with zero attached hydrogens (tertiary/aromatic N) is 2. The maximum atomic E-state index is 10.7. The molecule has 0 saturated carbocycles. The molecule has 1 aromatic rings. The van der Waals surface area contributed by atoms with Gasteiger partial charge in [-0.25, -0.2) is 0 Å². The summed E-state index contributed by atoms with van der Waals surface area (Å²) in [6, 6.07) is 6.46. The second-order valence-electron chi connectivity index (χ2n) is 4.94. The van der Waals surface area contributed by atoms with Crippen LogP contribution in [0.4, 0.5) is 5.69 Å². The zero-order chi connectivity index (χ0) is 12.9. The van der Waals surface area contributed by atoms with E-state index in [9.17, 15) is 10.1 Å². The summed E-state index contributed by atoms with van der Waals surface area (Å²) >= 11 is 0. The van der Waals surface area contributed by atoms with Gasteiger partial charge in [-0.3, -0.25) is 10.1 Å². The summed E-state index contributed by atoms with van der Waals surface area (Å²) in [5, 5.41) is 10.7. The van der Waals surface area contributed by atoms with Crippen LogP contribution in [-0.4, -0.2) is 43.7 Å². The van der Waals surface area contributed by atoms with E-state index in [1.807, 2.05) is 0 Å². The second kappa shape index (κ2) is 7.33. The molecule has 0 aromatic heterocycles. The van der Waals surface area contributed by atoms with E-state index in [0.29, 0.717) is 12.4 Å². The van der Waals surface area contributed by atoms with Crippen molar-refractivity contribution >= 4 is 5.69 Å². The van der Waals surface area contributed by atoms with Gasteiger partial charge in [0.15, 0.2) is 5.75 Å². The third kappa shape index (κ3) is 5.97. The van der Waals surface area contributed by atoms with Gasteiger partial charge in [-0.15, -0.1) is 0 Å². The first kappa shape index (κ1) is 16.9. The molecule has 102 valence electrons. The normalized spacial score (nSPS) is 10.6. The largest absolute Gasteiger partial charge is 1.00 e. The molecule has 0 atom stereocenters. The molecule has 0 unspecified atom stereocenters. The summed E-state index contributed by atoms with van der Waals surface area (Å²) in [6.07, 6.45) is 0.871. The Morgan fingerprint density at radius 1 is 1.28 bits per heavy atom. The van der Waals surface area contributed by atoms with Crippen LogP contribution < -0.4 is 21.7 Å². The SMILES string of the molecule is C[N+](C)(C)CCCOc1ccccc1[N+](=O)[O-].[Br-]. The number of nitro groups is 1. The van der Waals surface area contributed by atoms with E-state index in [1.165, 1.54) is 6.07 Å². The Balaban J connectivity index is 0.00000289. The monoisotopic (exact) mass is 318 g/mol. The number of halogens is 1. The molecule has 1 aromatic carbocycles. The lowest BCUT2D eigenvalue weighted by molar-refractivity contribution is -0.870. The Morgan fingerprint density at radius 2 is 1.89 bits per heavy atom. The van der Waals surface area contributed by atoms with Gasteiger partial charge >= 0.3 is 5.69 Å².